The number of aryl methyl sites for hydroxylation is 2. The lowest BCUT2D eigenvalue weighted by atomic mass is 9.73. The summed E-state index contributed by atoms with van der Waals surface area (Å²) in [6, 6.07) is 27.1. The van der Waals surface area contributed by atoms with Crippen molar-refractivity contribution in [3.63, 3.8) is 0 Å². The monoisotopic (exact) mass is 713 g/mol. The van der Waals surface area contributed by atoms with Crippen LogP contribution in [0.3, 0.4) is 0 Å². The van der Waals surface area contributed by atoms with Crippen LogP contribution in [0.15, 0.2) is 89.9 Å². The molecule has 5 aromatic rings. The second-order valence-electron chi connectivity index (χ2n) is 14.2. The van der Waals surface area contributed by atoms with Crippen LogP contribution < -0.4 is 24.8 Å². The van der Waals surface area contributed by atoms with Gasteiger partial charge < -0.3 is 39.7 Å². The summed E-state index contributed by atoms with van der Waals surface area (Å²) in [4.78, 5) is 4.54. The van der Waals surface area contributed by atoms with E-state index >= 15 is 0 Å². The van der Waals surface area contributed by atoms with Gasteiger partial charge in [0.25, 0.3) is 0 Å². The van der Waals surface area contributed by atoms with Crippen LogP contribution in [0, 0.1) is 0 Å². The van der Waals surface area contributed by atoms with E-state index in [0.717, 1.165) is 49.5 Å². The zero-order chi connectivity index (χ0) is 36.6. The number of fused-ring (bicyclic) bond motifs is 6. The minimum absolute atomic E-state index is 0.0183. The lowest BCUT2D eigenvalue weighted by Crippen LogP contribution is -2.32. The van der Waals surface area contributed by atoms with Gasteiger partial charge in [0.15, 0.2) is 11.5 Å². The lowest BCUT2D eigenvalue weighted by molar-refractivity contribution is 0.0195. The van der Waals surface area contributed by atoms with E-state index in [1.54, 1.807) is 18.2 Å². The molecule has 9 nitrogen and oxygen atoms in total. The van der Waals surface area contributed by atoms with Gasteiger partial charge in [0.1, 0.15) is 29.5 Å². The molecule has 2 heterocycles. The van der Waals surface area contributed by atoms with E-state index in [1.807, 2.05) is 48.5 Å². The minimum atomic E-state index is -0.923. The molecule has 0 amide bonds. The van der Waals surface area contributed by atoms with E-state index in [4.69, 9.17) is 14.2 Å². The first-order valence-electron chi connectivity index (χ1n) is 18.2. The number of rotatable bonds is 11. The van der Waals surface area contributed by atoms with Crippen molar-refractivity contribution in [3.05, 3.63) is 134 Å². The molecule has 5 aromatic carbocycles. The molecule has 3 atom stereocenters. The average molecular weight is 714 g/mol. The van der Waals surface area contributed by atoms with Crippen molar-refractivity contribution >= 4 is 6.08 Å². The van der Waals surface area contributed by atoms with Crippen LogP contribution in [0.25, 0.3) is 17.2 Å². The maximum atomic E-state index is 11.8. The van der Waals surface area contributed by atoms with E-state index in [2.05, 4.69) is 29.3 Å². The highest BCUT2D eigenvalue weighted by Gasteiger charge is 2.38. The van der Waals surface area contributed by atoms with E-state index in [9.17, 15) is 25.5 Å². The Morgan fingerprint density at radius 1 is 0.849 bits per heavy atom. The molecule has 0 radical (unpaired) electrons. The van der Waals surface area contributed by atoms with Crippen LogP contribution in [0.2, 0.25) is 0 Å². The van der Waals surface area contributed by atoms with E-state index in [0.29, 0.717) is 67.0 Å². The quantitative estimate of drug-likeness (QED) is 0.134. The van der Waals surface area contributed by atoms with Crippen LogP contribution in [-0.4, -0.2) is 64.6 Å². The maximum absolute atomic E-state index is 11.8. The Morgan fingerprint density at radius 3 is 2.47 bits per heavy atom. The number of aliphatic hydroxyl groups excluding tert-OH is 3. The third kappa shape index (κ3) is 6.72. The normalized spacial score (nSPS) is 18.2. The van der Waals surface area contributed by atoms with Crippen molar-refractivity contribution in [2.75, 3.05) is 26.9 Å². The van der Waals surface area contributed by atoms with Gasteiger partial charge in [-0.2, -0.15) is 0 Å². The molecule has 0 spiro atoms. The Bertz CT molecular complexity index is 2280. The van der Waals surface area contributed by atoms with Gasteiger partial charge in [-0.1, -0.05) is 48.5 Å². The Hall–Kier alpha value is -5.35. The fraction of sp³-hybridized carbons (Fsp3) is 0.295. The smallest absolute Gasteiger partial charge is 0.161 e. The number of aromatic hydroxyl groups is 2. The van der Waals surface area contributed by atoms with Gasteiger partial charge in [0.05, 0.1) is 38.3 Å². The molecule has 0 unspecified atom stereocenters. The zero-order valence-electron chi connectivity index (χ0n) is 29.5. The number of phenols is 2. The molecule has 0 saturated heterocycles. The predicted molar refractivity (Wildman–Crippen MR) is 200 cm³/mol. The van der Waals surface area contributed by atoms with Gasteiger partial charge in [-0.25, -0.2) is 0 Å². The average Bonchev–Trinajstić information content (AvgIpc) is 3.65. The van der Waals surface area contributed by atoms with Gasteiger partial charge in [0, 0.05) is 23.6 Å². The van der Waals surface area contributed by atoms with Crippen LogP contribution in [-0.2, 0) is 32.1 Å². The fourth-order valence-electron chi connectivity index (χ4n) is 8.15. The molecule has 9 heteroatoms. The van der Waals surface area contributed by atoms with E-state index in [1.165, 1.54) is 7.11 Å². The van der Waals surface area contributed by atoms with Crippen molar-refractivity contribution in [2.45, 2.75) is 56.3 Å². The number of phenolic OH excluding ortho intramolecular Hbond substituents is 2. The molecule has 272 valence electrons. The highest BCUT2D eigenvalue weighted by Crippen LogP contribution is 2.52. The third-order valence-corrected chi connectivity index (χ3v) is 10.8. The molecule has 3 aliphatic rings. The number of hydrogen-bond donors (Lipinski definition) is 5. The second-order valence-corrected chi connectivity index (χ2v) is 14.2. The first-order valence-corrected chi connectivity index (χ1v) is 18.2. The third-order valence-electron chi connectivity index (χ3n) is 10.8. The van der Waals surface area contributed by atoms with Crippen molar-refractivity contribution < 1.29 is 39.7 Å². The van der Waals surface area contributed by atoms with Gasteiger partial charge in [-0.15, -0.1) is 0 Å². The summed E-state index contributed by atoms with van der Waals surface area (Å²) in [5, 5.41) is 55.8. The highest BCUT2D eigenvalue weighted by atomic mass is 16.5. The summed E-state index contributed by atoms with van der Waals surface area (Å²) in [6.45, 7) is -0.105. The molecule has 5 N–H and O–H groups in total. The van der Waals surface area contributed by atoms with Crippen molar-refractivity contribution in [3.8, 4) is 39.9 Å². The summed E-state index contributed by atoms with van der Waals surface area (Å²) >= 11 is 0. The first-order chi connectivity index (χ1) is 25.8. The predicted octanol–water partition coefficient (Wildman–Crippen LogP) is 4.62. The number of methoxy groups -OCH3 is 1. The van der Waals surface area contributed by atoms with Crippen molar-refractivity contribution in [1.82, 2.24) is 0 Å². The molecule has 0 aromatic heterocycles. The Kier molecular flexibility index (Phi) is 9.55. The molecule has 0 fully saturated rings. The summed E-state index contributed by atoms with van der Waals surface area (Å²) < 4.78 is 18.6. The Balaban J connectivity index is 1.20. The molecular formula is C44H43NO8. The topological polar surface area (TPSA) is 141 Å². The van der Waals surface area contributed by atoms with Gasteiger partial charge >= 0.3 is 0 Å². The lowest BCUT2D eigenvalue weighted by Gasteiger charge is -2.37. The van der Waals surface area contributed by atoms with Crippen LogP contribution in [0.5, 0.6) is 28.7 Å². The van der Waals surface area contributed by atoms with Crippen LogP contribution in [0.1, 0.15) is 51.0 Å². The number of benzene rings is 5. The van der Waals surface area contributed by atoms with Crippen LogP contribution in [0.4, 0.5) is 0 Å². The molecule has 53 heavy (non-hydrogen) atoms. The van der Waals surface area contributed by atoms with Gasteiger partial charge in [-0.05, 0) is 112 Å². The molecular weight excluding hydrogens is 670 g/mol. The molecule has 2 aliphatic heterocycles. The number of hydrogen-bond acceptors (Lipinski definition) is 9. The van der Waals surface area contributed by atoms with Crippen LogP contribution >= 0.6 is 0 Å². The maximum Gasteiger partial charge on any atom is 0.161 e. The Labute approximate surface area is 307 Å². The molecule has 1 aliphatic carbocycles. The number of ether oxygens (including phenoxy) is 3. The van der Waals surface area contributed by atoms with Crippen molar-refractivity contribution in [2.24, 2.45) is 4.99 Å². The second kappa shape index (κ2) is 14.6. The molecule has 8 rings (SSSR count). The standard InChI is InChI=1S/C44H43NO8/c1-51-41-19-30(17-28(43(41)50)9-7-25-5-3-2-4-6-25)44-38(49)21-35-36-18-29(16-26-8-12-37-27(15-26)13-14-45-37)34-20-31(48)10-11-33(34)42(36)40(22-39(35)53-44)52-32(23-46)24-47/h2-6,8,10-13,15,17,19-20,22,29,32,38,44,46-50H,7,9,14,16,18,21,23-24H2,1H3/t29-,38-,44-/m1/s1. The summed E-state index contributed by atoms with van der Waals surface area (Å²) in [7, 11) is 1.51. The summed E-state index contributed by atoms with van der Waals surface area (Å²) in [6.07, 6.45) is 2.40. The number of aliphatic hydroxyl groups is 3. The molecule has 0 saturated carbocycles. The largest absolute Gasteiger partial charge is 0.508 e. The van der Waals surface area contributed by atoms with Crippen molar-refractivity contribution in [1.29, 1.82) is 0 Å². The zero-order valence-corrected chi connectivity index (χ0v) is 29.5. The summed E-state index contributed by atoms with van der Waals surface area (Å²) in [5.74, 6) is 1.49. The van der Waals surface area contributed by atoms with Gasteiger partial charge in [-0.3, -0.25) is 4.99 Å². The molecule has 0 bridgehead atoms. The van der Waals surface area contributed by atoms with Gasteiger partial charge in [0.2, 0.25) is 0 Å². The highest BCUT2D eigenvalue weighted by molar-refractivity contribution is 5.83. The Morgan fingerprint density at radius 2 is 1.68 bits per heavy atom. The number of nitrogens with zero attached hydrogens (tertiary/aromatic N) is 1. The van der Waals surface area contributed by atoms with E-state index < -0.39 is 31.5 Å². The SMILES string of the molecule is COc1cc([C@H]2Oc3cc(OC(CO)CO)c4c(c3C[C@H]2O)C[C@@H](Cc2ccc3c(c2)=CCN=3)c2cc(O)ccc2-4)cc(CCc2ccccc2)c1O. The van der Waals surface area contributed by atoms with E-state index in [-0.39, 0.29) is 17.4 Å². The summed E-state index contributed by atoms with van der Waals surface area (Å²) in [5.41, 5.74) is 8.12. The first kappa shape index (κ1) is 34.7. The fourth-order valence-corrected chi connectivity index (χ4v) is 8.15. The minimum Gasteiger partial charge on any atom is -0.508 e.